The van der Waals surface area contributed by atoms with Gasteiger partial charge in [0.25, 0.3) is 0 Å². The molecule has 1 aromatic carbocycles. The zero-order chi connectivity index (χ0) is 15.4. The number of benzene rings is 1. The summed E-state index contributed by atoms with van der Waals surface area (Å²) in [4.78, 5) is 2.18. The van der Waals surface area contributed by atoms with Crippen molar-refractivity contribution in [3.05, 3.63) is 35.4 Å². The third-order valence-corrected chi connectivity index (χ3v) is 4.32. The molecule has 0 bridgehead atoms. The van der Waals surface area contributed by atoms with Crippen molar-refractivity contribution in [2.45, 2.75) is 45.2 Å². The van der Waals surface area contributed by atoms with Crippen LogP contribution in [-0.4, -0.2) is 31.1 Å². The number of likely N-dealkylation sites (tertiary alicyclic amines) is 1. The molecular weight excluding hydrogens is 270 g/mol. The van der Waals surface area contributed by atoms with Gasteiger partial charge in [-0.15, -0.1) is 0 Å². The fourth-order valence-corrected chi connectivity index (χ4v) is 3.26. The maximum atomic E-state index is 14.2. The number of rotatable bonds is 4. The first-order valence-corrected chi connectivity index (χ1v) is 7.87. The van der Waals surface area contributed by atoms with Crippen LogP contribution in [0.4, 0.5) is 8.78 Å². The minimum atomic E-state index is -0.361. The van der Waals surface area contributed by atoms with Gasteiger partial charge in [-0.25, -0.2) is 8.78 Å². The summed E-state index contributed by atoms with van der Waals surface area (Å²) >= 11 is 0. The van der Waals surface area contributed by atoms with Crippen molar-refractivity contribution in [1.82, 2.24) is 10.2 Å². The predicted molar refractivity (Wildman–Crippen MR) is 82.2 cm³/mol. The van der Waals surface area contributed by atoms with E-state index in [1.165, 1.54) is 18.2 Å². The van der Waals surface area contributed by atoms with Crippen molar-refractivity contribution in [2.24, 2.45) is 5.92 Å². The lowest BCUT2D eigenvalue weighted by molar-refractivity contribution is 0.182. The van der Waals surface area contributed by atoms with Gasteiger partial charge < -0.3 is 5.32 Å². The van der Waals surface area contributed by atoms with Crippen molar-refractivity contribution in [3.63, 3.8) is 0 Å². The van der Waals surface area contributed by atoms with Gasteiger partial charge in [0.05, 0.1) is 0 Å². The lowest BCUT2D eigenvalue weighted by atomic mass is 9.88. The van der Waals surface area contributed by atoms with Crippen molar-refractivity contribution >= 4 is 0 Å². The molecule has 1 saturated heterocycles. The summed E-state index contributed by atoms with van der Waals surface area (Å²) < 4.78 is 27.8. The van der Waals surface area contributed by atoms with Gasteiger partial charge in [-0.05, 0) is 50.6 Å². The highest BCUT2D eigenvalue weighted by Crippen LogP contribution is 2.35. The average molecular weight is 296 g/mol. The molecule has 0 spiro atoms. The Balaban J connectivity index is 2.29. The van der Waals surface area contributed by atoms with Crippen molar-refractivity contribution in [3.8, 4) is 0 Å². The zero-order valence-corrected chi connectivity index (χ0v) is 13.2. The van der Waals surface area contributed by atoms with Crippen LogP contribution in [0.15, 0.2) is 18.2 Å². The molecule has 2 unspecified atom stereocenters. The van der Waals surface area contributed by atoms with Crippen molar-refractivity contribution < 1.29 is 8.78 Å². The van der Waals surface area contributed by atoms with Gasteiger partial charge in [0, 0.05) is 24.2 Å². The second-order valence-corrected chi connectivity index (χ2v) is 6.41. The van der Waals surface area contributed by atoms with Gasteiger partial charge >= 0.3 is 0 Å². The molecule has 0 radical (unpaired) electrons. The molecule has 1 aliphatic rings. The SMILES string of the molecule is CC(C)NCC1CCCCN(C)C1c1cc(F)ccc1F. The Morgan fingerprint density at radius 3 is 2.76 bits per heavy atom. The van der Waals surface area contributed by atoms with E-state index in [0.29, 0.717) is 17.5 Å². The second-order valence-electron chi connectivity index (χ2n) is 6.41. The Kier molecular flexibility index (Phi) is 5.71. The maximum Gasteiger partial charge on any atom is 0.128 e. The Bertz CT molecular complexity index is 462. The van der Waals surface area contributed by atoms with Crippen molar-refractivity contribution in [2.75, 3.05) is 20.1 Å². The first-order valence-electron chi connectivity index (χ1n) is 7.87. The molecule has 4 heteroatoms. The van der Waals surface area contributed by atoms with E-state index in [0.717, 1.165) is 32.4 Å². The molecule has 1 N–H and O–H groups in total. The average Bonchev–Trinajstić information content (AvgIpc) is 2.61. The summed E-state index contributed by atoms with van der Waals surface area (Å²) in [6.45, 7) is 5.98. The summed E-state index contributed by atoms with van der Waals surface area (Å²) in [7, 11) is 2.02. The van der Waals surface area contributed by atoms with Crippen LogP contribution in [0.5, 0.6) is 0 Å². The molecule has 0 saturated carbocycles. The molecule has 0 aliphatic carbocycles. The summed E-state index contributed by atoms with van der Waals surface area (Å²) in [6, 6.07) is 4.14. The fourth-order valence-electron chi connectivity index (χ4n) is 3.26. The largest absolute Gasteiger partial charge is 0.314 e. The minimum Gasteiger partial charge on any atom is -0.314 e. The Morgan fingerprint density at radius 2 is 2.05 bits per heavy atom. The highest BCUT2D eigenvalue weighted by atomic mass is 19.1. The minimum absolute atomic E-state index is 0.0607. The quantitative estimate of drug-likeness (QED) is 0.910. The zero-order valence-electron chi connectivity index (χ0n) is 13.2. The number of nitrogens with one attached hydrogen (secondary N) is 1. The van der Waals surface area contributed by atoms with Gasteiger partial charge in [0.1, 0.15) is 11.6 Å². The molecule has 0 amide bonds. The van der Waals surface area contributed by atoms with E-state index in [-0.39, 0.29) is 17.7 Å². The maximum absolute atomic E-state index is 14.2. The smallest absolute Gasteiger partial charge is 0.128 e. The van der Waals surface area contributed by atoms with E-state index in [9.17, 15) is 8.78 Å². The third kappa shape index (κ3) is 4.24. The van der Waals surface area contributed by atoms with Crippen LogP contribution in [0.1, 0.15) is 44.7 Å². The van der Waals surface area contributed by atoms with E-state index in [1.54, 1.807) is 0 Å². The van der Waals surface area contributed by atoms with E-state index in [1.807, 2.05) is 7.05 Å². The highest BCUT2D eigenvalue weighted by molar-refractivity contribution is 5.23. The third-order valence-electron chi connectivity index (χ3n) is 4.32. The number of nitrogens with zero attached hydrogens (tertiary/aromatic N) is 1. The van der Waals surface area contributed by atoms with Crippen LogP contribution in [0.25, 0.3) is 0 Å². The fraction of sp³-hybridized carbons (Fsp3) is 0.647. The highest BCUT2D eigenvalue weighted by Gasteiger charge is 2.31. The van der Waals surface area contributed by atoms with E-state index < -0.39 is 0 Å². The molecular formula is C17H26F2N2. The summed E-state index contributed by atoms with van der Waals surface area (Å²) in [5.41, 5.74) is 0.495. The Labute approximate surface area is 126 Å². The molecule has 2 rings (SSSR count). The normalized spacial score (nSPS) is 24.3. The van der Waals surface area contributed by atoms with E-state index in [4.69, 9.17) is 0 Å². The van der Waals surface area contributed by atoms with Gasteiger partial charge in [-0.3, -0.25) is 4.90 Å². The van der Waals surface area contributed by atoms with Crippen LogP contribution in [-0.2, 0) is 0 Å². The molecule has 0 aromatic heterocycles. The first kappa shape index (κ1) is 16.4. The molecule has 21 heavy (non-hydrogen) atoms. The summed E-state index contributed by atoms with van der Waals surface area (Å²) in [6.07, 6.45) is 3.30. The first-order chi connectivity index (χ1) is 9.99. The Morgan fingerprint density at radius 1 is 1.29 bits per heavy atom. The van der Waals surface area contributed by atoms with Gasteiger partial charge in [0.2, 0.25) is 0 Å². The summed E-state index contributed by atoms with van der Waals surface area (Å²) in [5, 5.41) is 3.45. The van der Waals surface area contributed by atoms with E-state index in [2.05, 4.69) is 24.1 Å². The Hall–Kier alpha value is -1.00. The molecule has 1 fully saturated rings. The van der Waals surface area contributed by atoms with Crippen LogP contribution in [0.2, 0.25) is 0 Å². The molecule has 1 aromatic rings. The van der Waals surface area contributed by atoms with Crippen LogP contribution >= 0.6 is 0 Å². The number of hydrogen-bond acceptors (Lipinski definition) is 2. The lowest BCUT2D eigenvalue weighted by Gasteiger charge is -2.33. The van der Waals surface area contributed by atoms with Crippen molar-refractivity contribution in [1.29, 1.82) is 0 Å². The molecule has 118 valence electrons. The predicted octanol–water partition coefficient (Wildman–Crippen LogP) is 3.74. The standard InChI is InChI=1S/C17H26F2N2/c1-12(2)20-11-13-6-4-5-9-21(3)17(13)15-10-14(18)7-8-16(15)19/h7-8,10,12-13,17,20H,4-6,9,11H2,1-3H3. The number of hydrogen-bond donors (Lipinski definition) is 1. The monoisotopic (exact) mass is 296 g/mol. The van der Waals surface area contributed by atoms with Crippen LogP contribution < -0.4 is 5.32 Å². The summed E-state index contributed by atoms with van der Waals surface area (Å²) in [5.74, 6) is -0.361. The molecule has 2 nitrogen and oxygen atoms in total. The molecule has 1 aliphatic heterocycles. The molecule has 1 heterocycles. The second kappa shape index (κ2) is 7.32. The van der Waals surface area contributed by atoms with Gasteiger partial charge in [-0.1, -0.05) is 20.3 Å². The van der Waals surface area contributed by atoms with Gasteiger partial charge in [-0.2, -0.15) is 0 Å². The number of halogens is 2. The van der Waals surface area contributed by atoms with E-state index >= 15 is 0 Å². The van der Waals surface area contributed by atoms with Gasteiger partial charge in [0.15, 0.2) is 0 Å². The lowest BCUT2D eigenvalue weighted by Crippen LogP contribution is -2.37. The topological polar surface area (TPSA) is 15.3 Å². The molecule has 2 atom stereocenters. The van der Waals surface area contributed by atoms with Crippen LogP contribution in [0.3, 0.4) is 0 Å². The van der Waals surface area contributed by atoms with Crippen LogP contribution in [0, 0.1) is 17.6 Å².